The number of aromatic hydroxyl groups is 1. The minimum Gasteiger partial charge on any atom is -0.508 e. The first-order valence-corrected chi connectivity index (χ1v) is 6.55. The number of aliphatic hydroxyl groups excluding tert-OH is 1. The molecule has 0 atom stereocenters. The molecule has 0 fully saturated rings. The molecule has 0 saturated carbocycles. The van der Waals surface area contributed by atoms with Crippen molar-refractivity contribution in [3.8, 4) is 5.75 Å². The summed E-state index contributed by atoms with van der Waals surface area (Å²) in [7, 11) is 1.31. The van der Waals surface area contributed by atoms with Crippen LogP contribution in [0.25, 0.3) is 0 Å². The standard InChI is InChI=1S/C8H8O3.C6H9N3O3/c1-11-8(10)6-2-4-7(9)5-3-6;1-5-7-4-6(9(11)12)8(5)2-3-10/h2-5,9H,1H3;4,10H,2-3H2,1H3. The molecule has 0 amide bonds. The molecule has 2 N–H and O–H groups in total. The molecule has 9 heteroatoms. The number of imidazole rings is 1. The van der Waals surface area contributed by atoms with Gasteiger partial charge in [-0.1, -0.05) is 0 Å². The molecule has 0 aliphatic rings. The Kier molecular flexibility index (Phi) is 6.68. The van der Waals surface area contributed by atoms with Crippen LogP contribution in [0.3, 0.4) is 0 Å². The number of aryl methyl sites for hydroxylation is 1. The van der Waals surface area contributed by atoms with Crippen LogP contribution in [0.2, 0.25) is 0 Å². The molecule has 2 rings (SSSR count). The fourth-order valence-electron chi connectivity index (χ4n) is 1.69. The van der Waals surface area contributed by atoms with Crippen molar-refractivity contribution in [2.45, 2.75) is 13.5 Å². The van der Waals surface area contributed by atoms with Gasteiger partial charge in [0.1, 0.15) is 18.5 Å². The van der Waals surface area contributed by atoms with Crippen molar-refractivity contribution < 1.29 is 24.7 Å². The monoisotopic (exact) mass is 323 g/mol. The van der Waals surface area contributed by atoms with Crippen LogP contribution in [-0.2, 0) is 11.3 Å². The minimum absolute atomic E-state index is 0.0819. The molecule has 0 saturated heterocycles. The third-order valence-electron chi connectivity index (χ3n) is 2.83. The van der Waals surface area contributed by atoms with Crippen molar-refractivity contribution in [2.75, 3.05) is 13.7 Å². The molecular formula is C14H17N3O6. The summed E-state index contributed by atoms with van der Waals surface area (Å²) in [6.07, 6.45) is 1.19. The van der Waals surface area contributed by atoms with E-state index < -0.39 is 10.9 Å². The van der Waals surface area contributed by atoms with Crippen LogP contribution in [0.1, 0.15) is 16.2 Å². The first-order chi connectivity index (χ1) is 10.9. The van der Waals surface area contributed by atoms with Crippen molar-refractivity contribution in [2.24, 2.45) is 0 Å². The van der Waals surface area contributed by atoms with E-state index in [1.54, 1.807) is 6.92 Å². The zero-order chi connectivity index (χ0) is 17.4. The summed E-state index contributed by atoms with van der Waals surface area (Å²) < 4.78 is 5.82. The number of nitro groups is 1. The quantitative estimate of drug-likeness (QED) is 0.492. The predicted molar refractivity (Wildman–Crippen MR) is 80.2 cm³/mol. The topological polar surface area (TPSA) is 128 Å². The fraction of sp³-hybridized carbons (Fsp3) is 0.286. The Labute approximate surface area is 131 Å². The largest absolute Gasteiger partial charge is 0.508 e. The van der Waals surface area contributed by atoms with E-state index in [0.29, 0.717) is 11.4 Å². The second-order valence-corrected chi connectivity index (χ2v) is 4.33. The summed E-state index contributed by atoms with van der Waals surface area (Å²) in [6, 6.07) is 5.88. The number of aromatic nitrogens is 2. The van der Waals surface area contributed by atoms with Crippen LogP contribution < -0.4 is 0 Å². The highest BCUT2D eigenvalue weighted by atomic mass is 16.6. The number of rotatable bonds is 4. The molecule has 1 aromatic heterocycles. The van der Waals surface area contributed by atoms with Crippen LogP contribution in [-0.4, -0.2) is 44.4 Å². The lowest BCUT2D eigenvalue weighted by Crippen LogP contribution is -2.07. The number of carbonyl (C=O) groups excluding carboxylic acids is 1. The van der Waals surface area contributed by atoms with Gasteiger partial charge in [0.15, 0.2) is 5.82 Å². The van der Waals surface area contributed by atoms with E-state index in [1.807, 2.05) is 0 Å². The van der Waals surface area contributed by atoms with Gasteiger partial charge >= 0.3 is 11.8 Å². The maximum absolute atomic E-state index is 10.8. The Bertz CT molecular complexity index is 666. The Balaban J connectivity index is 0.000000231. The summed E-state index contributed by atoms with van der Waals surface area (Å²) in [5.41, 5.74) is 0.435. The number of hydrogen-bond acceptors (Lipinski definition) is 7. The van der Waals surface area contributed by atoms with Crippen LogP contribution in [0.4, 0.5) is 5.82 Å². The fourth-order valence-corrected chi connectivity index (χ4v) is 1.69. The van der Waals surface area contributed by atoms with E-state index >= 15 is 0 Å². The molecule has 0 bridgehead atoms. The van der Waals surface area contributed by atoms with E-state index in [4.69, 9.17) is 10.2 Å². The second kappa shape index (κ2) is 8.49. The highest BCUT2D eigenvalue weighted by Gasteiger charge is 2.15. The number of hydrogen-bond donors (Lipinski definition) is 2. The van der Waals surface area contributed by atoms with E-state index in [9.17, 15) is 14.9 Å². The third kappa shape index (κ3) is 5.08. The number of phenols is 1. The normalized spacial score (nSPS) is 9.70. The molecule has 1 aromatic carbocycles. The Morgan fingerprint density at radius 2 is 2.00 bits per heavy atom. The predicted octanol–water partition coefficient (Wildman–Crippen LogP) is 1.27. The van der Waals surface area contributed by atoms with E-state index in [-0.39, 0.29) is 24.7 Å². The van der Waals surface area contributed by atoms with Crippen molar-refractivity contribution in [3.63, 3.8) is 0 Å². The molecule has 0 unspecified atom stereocenters. The van der Waals surface area contributed by atoms with Crippen molar-refractivity contribution in [1.82, 2.24) is 9.55 Å². The molecule has 0 aliphatic heterocycles. The Hall–Kier alpha value is -2.94. The second-order valence-electron chi connectivity index (χ2n) is 4.33. The summed E-state index contributed by atoms with van der Waals surface area (Å²) in [4.78, 5) is 24.4. The van der Waals surface area contributed by atoms with Crippen LogP contribution in [0.5, 0.6) is 5.75 Å². The molecule has 0 radical (unpaired) electrons. The van der Waals surface area contributed by atoms with Crippen LogP contribution in [0.15, 0.2) is 30.5 Å². The zero-order valence-electron chi connectivity index (χ0n) is 12.7. The number of methoxy groups -OCH3 is 1. The highest BCUT2D eigenvalue weighted by molar-refractivity contribution is 5.89. The maximum atomic E-state index is 10.8. The number of aliphatic hydroxyl groups is 1. The molecule has 1 heterocycles. The van der Waals surface area contributed by atoms with Gasteiger partial charge in [0, 0.05) is 6.92 Å². The maximum Gasteiger partial charge on any atom is 0.342 e. The average Bonchev–Trinajstić information content (AvgIpc) is 2.90. The lowest BCUT2D eigenvalue weighted by molar-refractivity contribution is -0.392. The molecule has 124 valence electrons. The average molecular weight is 323 g/mol. The SMILES string of the molecule is COC(=O)c1ccc(O)cc1.Cc1ncc([N+](=O)[O-])n1CCO. The van der Waals surface area contributed by atoms with Crippen molar-refractivity contribution >= 4 is 11.8 Å². The van der Waals surface area contributed by atoms with Crippen LogP contribution >= 0.6 is 0 Å². The molecule has 2 aromatic rings. The summed E-state index contributed by atoms with van der Waals surface area (Å²) >= 11 is 0. The highest BCUT2D eigenvalue weighted by Crippen LogP contribution is 2.12. The van der Waals surface area contributed by atoms with Crippen molar-refractivity contribution in [1.29, 1.82) is 0 Å². The van der Waals surface area contributed by atoms with E-state index in [2.05, 4.69) is 9.72 Å². The molecule has 0 spiro atoms. The van der Waals surface area contributed by atoms with Gasteiger partial charge in [-0.15, -0.1) is 0 Å². The molecule has 23 heavy (non-hydrogen) atoms. The first-order valence-electron chi connectivity index (χ1n) is 6.55. The Morgan fingerprint density at radius 1 is 1.39 bits per heavy atom. The first kappa shape index (κ1) is 18.1. The van der Waals surface area contributed by atoms with Gasteiger partial charge in [-0.05, 0) is 29.2 Å². The Morgan fingerprint density at radius 3 is 2.48 bits per heavy atom. The van der Waals surface area contributed by atoms with Crippen molar-refractivity contribution in [3.05, 3.63) is 52.0 Å². The molecule has 0 aliphatic carbocycles. The number of carbonyl (C=O) groups is 1. The van der Waals surface area contributed by atoms with E-state index in [1.165, 1.54) is 42.1 Å². The number of phenolic OH excluding ortho intramolecular Hbond substituents is 1. The van der Waals surface area contributed by atoms with Gasteiger partial charge in [0.25, 0.3) is 0 Å². The summed E-state index contributed by atoms with van der Waals surface area (Å²) in [5.74, 6) is 0.194. The van der Waals surface area contributed by atoms with Gasteiger partial charge in [-0.2, -0.15) is 0 Å². The number of nitrogens with zero attached hydrogens (tertiary/aromatic N) is 3. The number of esters is 1. The van der Waals surface area contributed by atoms with E-state index in [0.717, 1.165) is 0 Å². The number of ether oxygens (including phenoxy) is 1. The third-order valence-corrected chi connectivity index (χ3v) is 2.83. The zero-order valence-corrected chi connectivity index (χ0v) is 12.7. The van der Waals surface area contributed by atoms with Gasteiger partial charge in [-0.3, -0.25) is 0 Å². The smallest absolute Gasteiger partial charge is 0.342 e. The summed E-state index contributed by atoms with van der Waals surface area (Å²) in [6.45, 7) is 1.74. The molecular weight excluding hydrogens is 306 g/mol. The minimum atomic E-state index is -0.518. The lowest BCUT2D eigenvalue weighted by Gasteiger charge is -1.98. The van der Waals surface area contributed by atoms with Crippen LogP contribution in [0, 0.1) is 17.0 Å². The summed E-state index contributed by atoms with van der Waals surface area (Å²) in [5, 5.41) is 27.8. The van der Waals surface area contributed by atoms with Gasteiger partial charge in [-0.25, -0.2) is 14.3 Å². The molecule has 9 nitrogen and oxygen atoms in total. The van der Waals surface area contributed by atoms with Gasteiger partial charge in [0.2, 0.25) is 0 Å². The number of benzene rings is 1. The lowest BCUT2D eigenvalue weighted by atomic mass is 10.2. The van der Waals surface area contributed by atoms with Gasteiger partial charge < -0.3 is 25.1 Å². The van der Waals surface area contributed by atoms with Gasteiger partial charge in [0.05, 0.1) is 19.3 Å².